The first-order valence-corrected chi connectivity index (χ1v) is 1.52. The molecular weight excluding hydrogens is 173 g/mol. The number of aliphatic carboxylic acids is 2. The predicted octanol–water partition coefficient (Wildman–Crippen LogP) is -2.98. The van der Waals surface area contributed by atoms with E-state index in [4.69, 9.17) is 0 Å². The number of carbonyl (C=O) groups excluding carboxylic acids is 2. The number of carboxylic acids is 2. The van der Waals surface area contributed by atoms with Crippen molar-refractivity contribution in [3.8, 4) is 0 Å². The smallest absolute Gasteiger partial charge is 0.550 e. The van der Waals surface area contributed by atoms with Crippen molar-refractivity contribution in [3.63, 3.8) is 0 Å². The second-order valence-corrected chi connectivity index (χ2v) is 0.921. The maximum Gasteiger partial charge on any atom is 2.00 e. The Morgan fingerprint density at radius 1 is 0.909 bits per heavy atom. The molecule has 0 saturated carbocycles. The van der Waals surface area contributed by atoms with Gasteiger partial charge < -0.3 is 34.7 Å². The minimum atomic E-state index is -1.63. The minimum Gasteiger partial charge on any atom is -0.550 e. The average molecular weight is 181 g/mol. The molecule has 0 aromatic carbocycles. The number of carbonyl (C=O) groups is 2. The maximum atomic E-state index is 9.28. The molecule has 0 aliphatic heterocycles. The van der Waals surface area contributed by atoms with Crippen LogP contribution < -0.4 is 10.2 Å². The van der Waals surface area contributed by atoms with E-state index in [9.17, 15) is 19.8 Å². The van der Waals surface area contributed by atoms with Gasteiger partial charge in [0, 0.05) is 18.4 Å². The van der Waals surface area contributed by atoms with Gasteiger partial charge in [-0.25, -0.2) is 0 Å². The Balaban J connectivity index is -0.0000000300. The average Bonchev–Trinajstić information content (AvgIpc) is 1.27. The molecular formula is C5H8Mg2O4. The Morgan fingerprint density at radius 2 is 1.09 bits per heavy atom. The number of hydrogen-bond donors (Lipinski definition) is 0. The fraction of sp³-hybridized carbons (Fsp3) is 0.200. The summed E-state index contributed by atoms with van der Waals surface area (Å²) in [6.07, 6.45) is -1.03. The Hall–Kier alpha value is 0.472. The van der Waals surface area contributed by atoms with Crippen LogP contribution in [0.3, 0.4) is 0 Å². The molecule has 0 radical (unpaired) electrons. The summed E-state index contributed by atoms with van der Waals surface area (Å²) >= 11 is 0. The maximum absolute atomic E-state index is 9.28. The van der Waals surface area contributed by atoms with E-state index in [2.05, 4.69) is 0 Å². The van der Waals surface area contributed by atoms with Crippen molar-refractivity contribution in [2.45, 2.75) is 6.42 Å². The third-order valence-corrected chi connectivity index (χ3v) is 0.289. The SMILES string of the molecule is O=C([O-])CC(=O)[O-].[CH3-].[CH3-].[Mg+2].[Mg+2]. The molecule has 0 heterocycles. The molecule has 0 amide bonds. The quantitative estimate of drug-likeness (QED) is 0.258. The summed E-state index contributed by atoms with van der Waals surface area (Å²) in [5.41, 5.74) is 0. The third-order valence-electron chi connectivity index (χ3n) is 0.289. The van der Waals surface area contributed by atoms with Gasteiger partial charge in [0.15, 0.2) is 0 Å². The van der Waals surface area contributed by atoms with E-state index in [0.29, 0.717) is 0 Å². The zero-order chi connectivity index (χ0) is 5.86. The summed E-state index contributed by atoms with van der Waals surface area (Å²) in [5, 5.41) is 18.6. The summed E-state index contributed by atoms with van der Waals surface area (Å²) < 4.78 is 0. The number of hydrogen-bond acceptors (Lipinski definition) is 4. The van der Waals surface area contributed by atoms with Gasteiger partial charge in [-0.2, -0.15) is 0 Å². The molecule has 0 rings (SSSR count). The summed E-state index contributed by atoms with van der Waals surface area (Å²) in [4.78, 5) is 18.6. The van der Waals surface area contributed by atoms with E-state index in [1.165, 1.54) is 0 Å². The molecule has 0 atom stereocenters. The molecule has 0 N–H and O–H groups in total. The molecule has 6 heteroatoms. The van der Waals surface area contributed by atoms with Crippen molar-refractivity contribution in [1.29, 1.82) is 0 Å². The molecule has 4 nitrogen and oxygen atoms in total. The van der Waals surface area contributed by atoms with E-state index in [1.807, 2.05) is 0 Å². The molecule has 0 bridgehead atoms. The van der Waals surface area contributed by atoms with Crippen LogP contribution in [0.4, 0.5) is 0 Å². The van der Waals surface area contributed by atoms with Crippen LogP contribution in [-0.4, -0.2) is 58.0 Å². The Morgan fingerprint density at radius 3 is 1.09 bits per heavy atom. The molecule has 0 aliphatic carbocycles. The van der Waals surface area contributed by atoms with Crippen molar-refractivity contribution >= 4 is 58.0 Å². The normalized spacial score (nSPS) is 5.09. The molecule has 0 aromatic heterocycles. The van der Waals surface area contributed by atoms with Gasteiger partial charge in [-0.05, 0) is 0 Å². The van der Waals surface area contributed by atoms with Crippen LogP contribution in [0.15, 0.2) is 0 Å². The summed E-state index contributed by atoms with van der Waals surface area (Å²) in [6, 6.07) is 0. The van der Waals surface area contributed by atoms with Crippen molar-refractivity contribution < 1.29 is 19.8 Å². The first-order valence-electron chi connectivity index (χ1n) is 1.52. The van der Waals surface area contributed by atoms with Crippen LogP contribution in [0.1, 0.15) is 6.42 Å². The molecule has 56 valence electrons. The van der Waals surface area contributed by atoms with Gasteiger partial charge in [0.1, 0.15) is 0 Å². The molecule has 0 aliphatic rings. The van der Waals surface area contributed by atoms with Gasteiger partial charge in [0.2, 0.25) is 0 Å². The molecule has 0 aromatic rings. The Bertz CT molecular complexity index is 92.7. The number of rotatable bonds is 2. The van der Waals surface area contributed by atoms with Gasteiger partial charge >= 0.3 is 46.1 Å². The minimum absolute atomic E-state index is 0. The largest absolute Gasteiger partial charge is 2.00 e. The standard InChI is InChI=1S/C3H4O4.2CH3.2Mg/c4-2(5)1-3(6)7;;;;/h1H2,(H,4,5)(H,6,7);2*1H3;;/q;2*-1;2*+2/p-2. The van der Waals surface area contributed by atoms with Crippen LogP contribution in [0, 0.1) is 14.9 Å². The van der Waals surface area contributed by atoms with Gasteiger partial charge in [-0.3, -0.25) is 0 Å². The molecule has 0 fully saturated rings. The van der Waals surface area contributed by atoms with E-state index in [-0.39, 0.29) is 61.0 Å². The van der Waals surface area contributed by atoms with Gasteiger partial charge in [0.25, 0.3) is 0 Å². The number of carboxylic acid groups (broad SMARTS) is 2. The van der Waals surface area contributed by atoms with E-state index >= 15 is 0 Å². The molecule has 0 saturated heterocycles. The fourth-order valence-corrected chi connectivity index (χ4v) is 0.118. The summed E-state index contributed by atoms with van der Waals surface area (Å²) in [5.74, 6) is -3.25. The third kappa shape index (κ3) is 37.6. The van der Waals surface area contributed by atoms with Gasteiger partial charge in [-0.1, -0.05) is 0 Å². The van der Waals surface area contributed by atoms with E-state index in [0.717, 1.165) is 0 Å². The Labute approximate surface area is 98.7 Å². The van der Waals surface area contributed by atoms with Crippen molar-refractivity contribution in [2.24, 2.45) is 0 Å². The monoisotopic (exact) mass is 180 g/mol. The molecule has 11 heavy (non-hydrogen) atoms. The first-order chi connectivity index (χ1) is 3.13. The second-order valence-electron chi connectivity index (χ2n) is 0.921. The van der Waals surface area contributed by atoms with Gasteiger partial charge in [-0.15, -0.1) is 0 Å². The topological polar surface area (TPSA) is 80.3 Å². The van der Waals surface area contributed by atoms with Crippen LogP contribution >= 0.6 is 0 Å². The van der Waals surface area contributed by atoms with E-state index in [1.54, 1.807) is 0 Å². The zero-order valence-corrected chi connectivity index (χ0v) is 9.58. The van der Waals surface area contributed by atoms with Gasteiger partial charge in [0.05, 0.1) is 0 Å². The summed E-state index contributed by atoms with van der Waals surface area (Å²) in [7, 11) is 0. The van der Waals surface area contributed by atoms with Crippen LogP contribution in [-0.2, 0) is 9.59 Å². The molecule has 0 unspecified atom stereocenters. The van der Waals surface area contributed by atoms with Crippen molar-refractivity contribution in [1.82, 2.24) is 0 Å². The first kappa shape index (κ1) is 30.0. The van der Waals surface area contributed by atoms with E-state index < -0.39 is 18.4 Å². The van der Waals surface area contributed by atoms with Crippen LogP contribution in [0.5, 0.6) is 0 Å². The second kappa shape index (κ2) is 16.8. The predicted molar refractivity (Wildman–Crippen MR) is 39.0 cm³/mol. The summed E-state index contributed by atoms with van der Waals surface area (Å²) in [6.45, 7) is 0. The zero-order valence-electron chi connectivity index (χ0n) is 6.75. The molecule has 0 spiro atoms. The van der Waals surface area contributed by atoms with Crippen molar-refractivity contribution in [3.05, 3.63) is 14.9 Å². The van der Waals surface area contributed by atoms with Crippen LogP contribution in [0.2, 0.25) is 0 Å². The van der Waals surface area contributed by atoms with Crippen LogP contribution in [0.25, 0.3) is 0 Å². The Kier molecular flexibility index (Phi) is 45.9. The van der Waals surface area contributed by atoms with Crippen molar-refractivity contribution in [2.75, 3.05) is 0 Å². The fourth-order valence-electron chi connectivity index (χ4n) is 0.118.